The maximum absolute atomic E-state index is 13.0. The number of ether oxygens (including phenoxy) is 1. The second-order valence-electron chi connectivity index (χ2n) is 6.17. The Labute approximate surface area is 158 Å². The van der Waals surface area contributed by atoms with E-state index in [9.17, 15) is 4.79 Å². The van der Waals surface area contributed by atoms with Gasteiger partial charge in [0.1, 0.15) is 5.75 Å². The van der Waals surface area contributed by atoms with Crippen molar-refractivity contribution in [3.8, 4) is 5.75 Å². The summed E-state index contributed by atoms with van der Waals surface area (Å²) in [7, 11) is 1.62. The fraction of sp³-hybridized carbons (Fsp3) is 0.200. The third-order valence-electron chi connectivity index (χ3n) is 4.25. The van der Waals surface area contributed by atoms with Crippen LogP contribution in [-0.2, 0) is 4.79 Å². The highest BCUT2D eigenvalue weighted by molar-refractivity contribution is 7.80. The van der Waals surface area contributed by atoms with E-state index in [1.807, 2.05) is 62.4 Å². The van der Waals surface area contributed by atoms with E-state index in [1.54, 1.807) is 7.11 Å². The summed E-state index contributed by atoms with van der Waals surface area (Å²) in [5.41, 5.74) is 4.11. The molecule has 0 radical (unpaired) electrons. The molecule has 0 aromatic heterocycles. The van der Waals surface area contributed by atoms with Crippen LogP contribution in [0.15, 0.2) is 59.8 Å². The number of rotatable bonds is 4. The quantitative estimate of drug-likeness (QED) is 0.723. The van der Waals surface area contributed by atoms with Crippen LogP contribution < -0.4 is 20.7 Å². The highest BCUT2D eigenvalue weighted by Gasteiger charge is 2.30. The minimum atomic E-state index is -0.357. The van der Waals surface area contributed by atoms with Crippen LogP contribution in [0.2, 0.25) is 0 Å². The Morgan fingerprint density at radius 2 is 1.88 bits per heavy atom. The van der Waals surface area contributed by atoms with E-state index >= 15 is 0 Å². The van der Waals surface area contributed by atoms with Crippen molar-refractivity contribution in [1.82, 2.24) is 10.6 Å². The predicted octanol–water partition coefficient (Wildman–Crippen LogP) is 3.44. The van der Waals surface area contributed by atoms with Gasteiger partial charge >= 0.3 is 0 Å². The highest BCUT2D eigenvalue weighted by Crippen LogP contribution is 2.29. The van der Waals surface area contributed by atoms with Crippen molar-refractivity contribution in [3.63, 3.8) is 0 Å². The minimum Gasteiger partial charge on any atom is -0.497 e. The molecule has 1 amide bonds. The summed E-state index contributed by atoms with van der Waals surface area (Å²) in [6.45, 7) is 3.86. The molecule has 1 aliphatic heterocycles. The number of carbonyl (C=O) groups is 1. The summed E-state index contributed by atoms with van der Waals surface area (Å²) >= 11 is 5.29. The van der Waals surface area contributed by atoms with E-state index in [0.717, 1.165) is 28.3 Å². The second-order valence-corrected chi connectivity index (χ2v) is 6.58. The Hall–Kier alpha value is -2.86. The molecule has 0 saturated carbocycles. The third-order valence-corrected chi connectivity index (χ3v) is 4.47. The number of hydrogen-bond donors (Lipinski definition) is 3. The second kappa shape index (κ2) is 7.58. The van der Waals surface area contributed by atoms with Gasteiger partial charge in [0, 0.05) is 11.4 Å². The molecule has 0 bridgehead atoms. The van der Waals surface area contributed by atoms with Gasteiger partial charge in [-0.25, -0.2) is 0 Å². The Morgan fingerprint density at radius 3 is 2.58 bits per heavy atom. The van der Waals surface area contributed by atoms with E-state index in [2.05, 4.69) is 16.0 Å². The van der Waals surface area contributed by atoms with Crippen LogP contribution in [0.25, 0.3) is 0 Å². The van der Waals surface area contributed by atoms with Gasteiger partial charge < -0.3 is 20.7 Å². The molecule has 3 rings (SSSR count). The van der Waals surface area contributed by atoms with Crippen LogP contribution in [0.4, 0.5) is 5.69 Å². The normalized spacial score (nSPS) is 16.6. The smallest absolute Gasteiger partial charge is 0.255 e. The zero-order valence-electron chi connectivity index (χ0n) is 14.9. The van der Waals surface area contributed by atoms with E-state index < -0.39 is 0 Å². The molecule has 6 heteroatoms. The first-order valence-electron chi connectivity index (χ1n) is 8.28. The first-order valence-corrected chi connectivity index (χ1v) is 8.69. The SMILES string of the molecule is COc1cccc([C@H]2NC(=S)NC(C)=C2C(=O)Nc2ccc(C)cc2)c1. The average Bonchev–Trinajstić information content (AvgIpc) is 2.63. The van der Waals surface area contributed by atoms with Crippen molar-refractivity contribution < 1.29 is 9.53 Å². The monoisotopic (exact) mass is 367 g/mol. The van der Waals surface area contributed by atoms with Gasteiger partial charge in [0.05, 0.1) is 18.7 Å². The summed E-state index contributed by atoms with van der Waals surface area (Å²) in [5.74, 6) is 0.548. The van der Waals surface area contributed by atoms with Gasteiger partial charge in [-0.15, -0.1) is 0 Å². The number of thiocarbonyl (C=S) groups is 1. The minimum absolute atomic E-state index is 0.179. The van der Waals surface area contributed by atoms with Crippen LogP contribution in [0.1, 0.15) is 24.1 Å². The number of benzene rings is 2. The molecule has 5 nitrogen and oxygen atoms in total. The number of aryl methyl sites for hydroxylation is 1. The Balaban J connectivity index is 1.94. The lowest BCUT2D eigenvalue weighted by atomic mass is 9.94. The lowest BCUT2D eigenvalue weighted by Crippen LogP contribution is -2.45. The maximum atomic E-state index is 13.0. The van der Waals surface area contributed by atoms with Crippen LogP contribution in [0, 0.1) is 6.92 Å². The number of nitrogens with one attached hydrogen (secondary N) is 3. The van der Waals surface area contributed by atoms with Gasteiger partial charge in [-0.2, -0.15) is 0 Å². The van der Waals surface area contributed by atoms with E-state index in [4.69, 9.17) is 17.0 Å². The van der Waals surface area contributed by atoms with Gasteiger partial charge in [-0.05, 0) is 55.9 Å². The molecule has 1 atom stereocenters. The van der Waals surface area contributed by atoms with E-state index in [-0.39, 0.29) is 11.9 Å². The number of amides is 1. The molecule has 2 aromatic rings. The average molecular weight is 367 g/mol. The number of allylic oxidation sites excluding steroid dienone is 1. The Morgan fingerprint density at radius 1 is 1.15 bits per heavy atom. The molecule has 134 valence electrons. The molecule has 0 unspecified atom stereocenters. The molecular formula is C20H21N3O2S. The number of hydrogen-bond acceptors (Lipinski definition) is 3. The summed E-state index contributed by atoms with van der Waals surface area (Å²) in [4.78, 5) is 13.0. The molecule has 0 fully saturated rings. The summed E-state index contributed by atoms with van der Waals surface area (Å²) < 4.78 is 5.31. The molecule has 2 aromatic carbocycles. The maximum Gasteiger partial charge on any atom is 0.255 e. The van der Waals surface area contributed by atoms with E-state index in [0.29, 0.717) is 10.7 Å². The summed E-state index contributed by atoms with van der Waals surface area (Å²) in [5, 5.41) is 9.68. The molecule has 0 aliphatic carbocycles. The highest BCUT2D eigenvalue weighted by atomic mass is 32.1. The molecular weight excluding hydrogens is 346 g/mol. The van der Waals surface area contributed by atoms with Gasteiger partial charge in [-0.3, -0.25) is 4.79 Å². The fourth-order valence-corrected chi connectivity index (χ4v) is 3.17. The van der Waals surface area contributed by atoms with Crippen molar-refractivity contribution in [1.29, 1.82) is 0 Å². The van der Waals surface area contributed by atoms with E-state index in [1.165, 1.54) is 0 Å². The molecule has 0 saturated heterocycles. The van der Waals surface area contributed by atoms with Crippen molar-refractivity contribution >= 4 is 28.9 Å². The molecule has 1 heterocycles. The van der Waals surface area contributed by atoms with Crippen LogP contribution in [-0.4, -0.2) is 18.1 Å². The first-order chi connectivity index (χ1) is 12.5. The number of methoxy groups -OCH3 is 1. The lowest BCUT2D eigenvalue weighted by molar-refractivity contribution is -0.113. The van der Waals surface area contributed by atoms with Gasteiger partial charge in [0.15, 0.2) is 5.11 Å². The van der Waals surface area contributed by atoms with Crippen LogP contribution in [0.3, 0.4) is 0 Å². The fourth-order valence-electron chi connectivity index (χ4n) is 2.90. The van der Waals surface area contributed by atoms with Crippen molar-refractivity contribution in [2.75, 3.05) is 12.4 Å². The molecule has 1 aliphatic rings. The summed E-state index contributed by atoms with van der Waals surface area (Å²) in [6, 6.07) is 14.9. The van der Waals surface area contributed by atoms with Crippen molar-refractivity contribution in [2.45, 2.75) is 19.9 Å². The van der Waals surface area contributed by atoms with Crippen LogP contribution >= 0.6 is 12.2 Å². The van der Waals surface area contributed by atoms with Crippen LogP contribution in [0.5, 0.6) is 5.75 Å². The molecule has 0 spiro atoms. The molecule has 26 heavy (non-hydrogen) atoms. The topological polar surface area (TPSA) is 62.4 Å². The lowest BCUT2D eigenvalue weighted by Gasteiger charge is -2.30. The zero-order valence-corrected chi connectivity index (χ0v) is 15.7. The van der Waals surface area contributed by atoms with Gasteiger partial charge in [0.2, 0.25) is 0 Å². The van der Waals surface area contributed by atoms with Gasteiger partial charge in [-0.1, -0.05) is 29.8 Å². The Bertz CT molecular complexity index is 875. The third kappa shape index (κ3) is 3.86. The molecule has 3 N–H and O–H groups in total. The van der Waals surface area contributed by atoms with Crippen molar-refractivity contribution in [3.05, 3.63) is 70.9 Å². The number of anilines is 1. The number of carbonyl (C=O) groups excluding carboxylic acids is 1. The predicted molar refractivity (Wildman–Crippen MR) is 107 cm³/mol. The largest absolute Gasteiger partial charge is 0.497 e. The van der Waals surface area contributed by atoms with Crippen molar-refractivity contribution in [2.24, 2.45) is 0 Å². The Kier molecular flexibility index (Phi) is 5.23. The zero-order chi connectivity index (χ0) is 18.7. The van der Waals surface area contributed by atoms with Gasteiger partial charge in [0.25, 0.3) is 5.91 Å². The summed E-state index contributed by atoms with van der Waals surface area (Å²) in [6.07, 6.45) is 0. The first kappa shape index (κ1) is 17.9. The standard InChI is InChI=1S/C20H21N3O2S/c1-12-7-9-15(10-8-12)22-19(24)17-13(2)21-20(26)23-18(17)14-5-4-6-16(11-14)25-3/h4-11,18H,1-3H3,(H,22,24)(H2,21,23,26)/t18-/m1/s1.